The predicted molar refractivity (Wildman–Crippen MR) is 58.3 cm³/mol. The van der Waals surface area contributed by atoms with Crippen molar-refractivity contribution >= 4 is 0 Å². The zero-order valence-corrected chi connectivity index (χ0v) is 9.21. The average Bonchev–Trinajstić information content (AvgIpc) is 2.66. The van der Waals surface area contributed by atoms with E-state index in [2.05, 4.69) is 17.1 Å². The summed E-state index contributed by atoms with van der Waals surface area (Å²) in [5.74, 6) is 0.980. The largest absolute Gasteiger partial charge is 0.310 e. The van der Waals surface area contributed by atoms with Gasteiger partial charge in [0.2, 0.25) is 0 Å². The van der Waals surface area contributed by atoms with Crippen molar-refractivity contribution in [1.82, 2.24) is 10.2 Å². The summed E-state index contributed by atoms with van der Waals surface area (Å²) in [6, 6.07) is 2.58. The van der Waals surface area contributed by atoms with Crippen molar-refractivity contribution in [1.29, 1.82) is 0 Å². The highest BCUT2D eigenvalue weighted by atomic mass is 15.2. The Bertz CT molecular complexity index is 210. The van der Waals surface area contributed by atoms with E-state index >= 15 is 0 Å². The summed E-state index contributed by atoms with van der Waals surface area (Å²) in [7, 11) is 0. The number of rotatable bonds is 2. The standard InChI is InChI=1S/C12H22N2/c1-9-7-10(8-9)13-11-4-6-14-5-2-3-12(11)14/h9-13H,2-8H2,1H3. The topological polar surface area (TPSA) is 15.3 Å². The van der Waals surface area contributed by atoms with Gasteiger partial charge in [-0.2, -0.15) is 0 Å². The maximum atomic E-state index is 3.88. The molecule has 2 heterocycles. The Labute approximate surface area is 87.0 Å². The van der Waals surface area contributed by atoms with Crippen molar-refractivity contribution in [2.45, 2.75) is 57.2 Å². The first-order chi connectivity index (χ1) is 6.83. The van der Waals surface area contributed by atoms with Crippen molar-refractivity contribution in [3.63, 3.8) is 0 Å². The van der Waals surface area contributed by atoms with Crippen LogP contribution in [0.15, 0.2) is 0 Å². The Morgan fingerprint density at radius 1 is 1.14 bits per heavy atom. The fourth-order valence-corrected chi connectivity index (χ4v) is 3.62. The van der Waals surface area contributed by atoms with Gasteiger partial charge in [0, 0.05) is 24.7 Å². The first kappa shape index (κ1) is 9.17. The number of hydrogen-bond acceptors (Lipinski definition) is 2. The van der Waals surface area contributed by atoms with Gasteiger partial charge in [0.05, 0.1) is 0 Å². The number of fused-ring (bicyclic) bond motifs is 1. The van der Waals surface area contributed by atoms with E-state index in [0.29, 0.717) is 0 Å². The van der Waals surface area contributed by atoms with Gasteiger partial charge in [-0.1, -0.05) is 6.92 Å². The normalized spacial score (nSPS) is 47.8. The van der Waals surface area contributed by atoms with Crippen molar-refractivity contribution < 1.29 is 0 Å². The van der Waals surface area contributed by atoms with E-state index in [-0.39, 0.29) is 0 Å². The Balaban J connectivity index is 1.53. The maximum Gasteiger partial charge on any atom is 0.0250 e. The third-order valence-electron chi connectivity index (χ3n) is 4.43. The van der Waals surface area contributed by atoms with Crippen molar-refractivity contribution in [3.05, 3.63) is 0 Å². The van der Waals surface area contributed by atoms with E-state index in [9.17, 15) is 0 Å². The van der Waals surface area contributed by atoms with Crippen LogP contribution in [0.4, 0.5) is 0 Å². The summed E-state index contributed by atoms with van der Waals surface area (Å²) in [4.78, 5) is 2.69. The third kappa shape index (κ3) is 1.49. The van der Waals surface area contributed by atoms with Gasteiger partial charge < -0.3 is 5.32 Å². The molecule has 14 heavy (non-hydrogen) atoms. The lowest BCUT2D eigenvalue weighted by molar-refractivity contribution is 0.204. The quantitative estimate of drug-likeness (QED) is 0.718. The van der Waals surface area contributed by atoms with E-state index in [4.69, 9.17) is 0 Å². The number of hydrogen-bond donors (Lipinski definition) is 1. The molecular weight excluding hydrogens is 172 g/mol. The molecule has 2 heteroatoms. The van der Waals surface area contributed by atoms with E-state index in [1.54, 1.807) is 0 Å². The molecule has 0 bridgehead atoms. The highest BCUT2D eigenvalue weighted by Crippen LogP contribution is 2.32. The van der Waals surface area contributed by atoms with E-state index in [0.717, 1.165) is 24.0 Å². The van der Waals surface area contributed by atoms with Crippen molar-refractivity contribution in [2.75, 3.05) is 13.1 Å². The molecular formula is C12H22N2. The zero-order valence-electron chi connectivity index (χ0n) is 9.21. The fourth-order valence-electron chi connectivity index (χ4n) is 3.62. The zero-order chi connectivity index (χ0) is 9.54. The fraction of sp³-hybridized carbons (Fsp3) is 1.00. The van der Waals surface area contributed by atoms with Crippen LogP contribution in [0, 0.1) is 5.92 Å². The van der Waals surface area contributed by atoms with Crippen molar-refractivity contribution in [2.24, 2.45) is 5.92 Å². The van der Waals surface area contributed by atoms with Crippen LogP contribution >= 0.6 is 0 Å². The highest BCUT2D eigenvalue weighted by Gasteiger charge is 2.39. The molecule has 0 spiro atoms. The summed E-state index contributed by atoms with van der Waals surface area (Å²) < 4.78 is 0. The molecule has 2 nitrogen and oxygen atoms in total. The molecule has 1 N–H and O–H groups in total. The molecule has 2 atom stereocenters. The molecule has 0 aromatic rings. The molecule has 0 radical (unpaired) electrons. The molecule has 2 aliphatic heterocycles. The Kier molecular flexibility index (Phi) is 2.29. The summed E-state index contributed by atoms with van der Waals surface area (Å²) >= 11 is 0. The lowest BCUT2D eigenvalue weighted by atomic mass is 9.81. The highest BCUT2D eigenvalue weighted by molar-refractivity contribution is 4.98. The number of nitrogens with zero attached hydrogens (tertiary/aromatic N) is 1. The van der Waals surface area contributed by atoms with E-state index in [1.807, 2.05) is 0 Å². The Hall–Kier alpha value is -0.0800. The van der Waals surface area contributed by atoms with Crippen LogP contribution in [-0.2, 0) is 0 Å². The smallest absolute Gasteiger partial charge is 0.0250 e. The summed E-state index contributed by atoms with van der Waals surface area (Å²) in [5.41, 5.74) is 0. The van der Waals surface area contributed by atoms with Gasteiger partial charge in [0.15, 0.2) is 0 Å². The predicted octanol–water partition coefficient (Wildman–Crippen LogP) is 1.61. The van der Waals surface area contributed by atoms with Crippen LogP contribution < -0.4 is 5.32 Å². The minimum atomic E-state index is 0.829. The van der Waals surface area contributed by atoms with E-state index < -0.39 is 0 Å². The van der Waals surface area contributed by atoms with Crippen LogP contribution in [-0.4, -0.2) is 36.1 Å². The van der Waals surface area contributed by atoms with Gasteiger partial charge >= 0.3 is 0 Å². The lowest BCUT2D eigenvalue weighted by Crippen LogP contribution is -2.49. The first-order valence-electron chi connectivity index (χ1n) is 6.33. The summed E-state index contributed by atoms with van der Waals surface area (Å²) in [6.07, 6.45) is 7.12. The molecule has 0 amide bonds. The van der Waals surface area contributed by atoms with Gasteiger partial charge in [-0.3, -0.25) is 4.90 Å². The van der Waals surface area contributed by atoms with Crippen LogP contribution in [0.25, 0.3) is 0 Å². The summed E-state index contributed by atoms with van der Waals surface area (Å²) in [5, 5.41) is 3.88. The molecule has 1 saturated carbocycles. The SMILES string of the molecule is CC1CC(NC2CCN3CCCC23)C1. The first-order valence-corrected chi connectivity index (χ1v) is 6.33. The minimum absolute atomic E-state index is 0.829. The van der Waals surface area contributed by atoms with Gasteiger partial charge in [0.25, 0.3) is 0 Å². The van der Waals surface area contributed by atoms with Crippen LogP contribution in [0.1, 0.15) is 39.0 Å². The van der Waals surface area contributed by atoms with Crippen molar-refractivity contribution in [3.8, 4) is 0 Å². The molecule has 3 aliphatic rings. The lowest BCUT2D eigenvalue weighted by Gasteiger charge is -2.37. The van der Waals surface area contributed by atoms with Crippen LogP contribution in [0.5, 0.6) is 0 Å². The Morgan fingerprint density at radius 3 is 2.79 bits per heavy atom. The van der Waals surface area contributed by atoms with E-state index in [1.165, 1.54) is 45.2 Å². The second kappa shape index (κ2) is 3.49. The second-order valence-electron chi connectivity index (χ2n) is 5.58. The Morgan fingerprint density at radius 2 is 2.00 bits per heavy atom. The van der Waals surface area contributed by atoms with Gasteiger partial charge in [-0.15, -0.1) is 0 Å². The molecule has 3 rings (SSSR count). The average molecular weight is 194 g/mol. The number of nitrogens with one attached hydrogen (secondary N) is 1. The molecule has 0 aromatic heterocycles. The minimum Gasteiger partial charge on any atom is -0.310 e. The molecule has 0 aromatic carbocycles. The molecule has 1 aliphatic carbocycles. The van der Waals surface area contributed by atoms with Gasteiger partial charge in [-0.05, 0) is 44.6 Å². The van der Waals surface area contributed by atoms with Crippen LogP contribution in [0.3, 0.4) is 0 Å². The van der Waals surface area contributed by atoms with Gasteiger partial charge in [-0.25, -0.2) is 0 Å². The molecule has 3 fully saturated rings. The van der Waals surface area contributed by atoms with Crippen LogP contribution in [0.2, 0.25) is 0 Å². The molecule has 2 saturated heterocycles. The third-order valence-corrected chi connectivity index (χ3v) is 4.43. The maximum absolute atomic E-state index is 3.88. The monoisotopic (exact) mass is 194 g/mol. The molecule has 2 unspecified atom stereocenters. The molecule has 80 valence electrons. The van der Waals surface area contributed by atoms with Gasteiger partial charge in [0.1, 0.15) is 0 Å². The second-order valence-corrected chi connectivity index (χ2v) is 5.58. The summed E-state index contributed by atoms with van der Waals surface area (Å²) in [6.45, 7) is 5.09.